The predicted octanol–water partition coefficient (Wildman–Crippen LogP) is 5.28. The quantitative estimate of drug-likeness (QED) is 0.262. The fourth-order valence-electron chi connectivity index (χ4n) is 3.13. The lowest BCUT2D eigenvalue weighted by molar-refractivity contribution is -0.156. The van der Waals surface area contributed by atoms with Crippen LogP contribution in [0.5, 0.6) is 0 Å². The van der Waals surface area contributed by atoms with E-state index in [-0.39, 0.29) is 5.97 Å². The Kier molecular flexibility index (Phi) is 9.14. The van der Waals surface area contributed by atoms with Gasteiger partial charge in [0.2, 0.25) is 0 Å². The Bertz CT molecular complexity index is 958. The smallest absolute Gasteiger partial charge is 0.358 e. The number of hydrogen-bond acceptors (Lipinski definition) is 7. The minimum atomic E-state index is -0.738. The molecule has 1 aromatic carbocycles. The number of carbonyl (C=O) groups excluding carboxylic acids is 2. The molecule has 0 aliphatic carbocycles. The lowest BCUT2D eigenvalue weighted by atomic mass is 10.1. The van der Waals surface area contributed by atoms with Crippen LogP contribution in [0.25, 0.3) is 11.4 Å². The minimum Gasteiger partial charge on any atom is -0.461 e. The molecule has 33 heavy (non-hydrogen) atoms. The number of carbonyl (C=O) groups is 2. The van der Waals surface area contributed by atoms with Crippen molar-refractivity contribution in [3.05, 3.63) is 35.7 Å². The molecule has 0 spiro atoms. The summed E-state index contributed by atoms with van der Waals surface area (Å²) in [5.41, 5.74) is 1.39. The number of aromatic nitrogens is 2. The maximum Gasteiger partial charge on any atom is 0.358 e. The molecule has 2 aromatic rings. The molecule has 0 atom stereocenters. The first kappa shape index (κ1) is 26.9. The standard InChI is InChI=1S/C25H36N2O5S/c1-9-30-16-15-27-17(3)20(22(28)31-10-2)26-21(27)18-11-13-19(14-12-18)33-25(7,8)23(29)32-24(4,5)6/h11-14H,9-10,15-16H2,1-8H3. The van der Waals surface area contributed by atoms with Gasteiger partial charge in [-0.05, 0) is 67.5 Å². The average molecular weight is 477 g/mol. The summed E-state index contributed by atoms with van der Waals surface area (Å²) in [6.45, 7) is 16.9. The Morgan fingerprint density at radius 3 is 2.21 bits per heavy atom. The molecule has 0 fully saturated rings. The Hall–Kier alpha value is -2.32. The number of thioether (sulfide) groups is 1. The highest BCUT2D eigenvalue weighted by atomic mass is 32.2. The number of benzene rings is 1. The van der Waals surface area contributed by atoms with Crippen LogP contribution in [-0.4, -0.2) is 51.7 Å². The van der Waals surface area contributed by atoms with E-state index < -0.39 is 16.3 Å². The van der Waals surface area contributed by atoms with Crippen molar-refractivity contribution in [3.8, 4) is 11.4 Å². The molecule has 0 N–H and O–H groups in total. The van der Waals surface area contributed by atoms with Gasteiger partial charge in [-0.3, -0.25) is 4.79 Å². The number of ether oxygens (including phenoxy) is 3. The second-order valence-corrected chi connectivity index (χ2v) is 10.8. The van der Waals surface area contributed by atoms with E-state index in [9.17, 15) is 9.59 Å². The first-order valence-corrected chi connectivity index (χ1v) is 12.1. The predicted molar refractivity (Wildman–Crippen MR) is 131 cm³/mol. The summed E-state index contributed by atoms with van der Waals surface area (Å²) in [6, 6.07) is 7.79. The number of imidazole rings is 1. The molecule has 0 saturated heterocycles. The van der Waals surface area contributed by atoms with E-state index in [1.54, 1.807) is 6.92 Å². The third kappa shape index (κ3) is 7.33. The SMILES string of the molecule is CCOCCn1c(-c2ccc(SC(C)(C)C(=O)OC(C)(C)C)cc2)nc(C(=O)OCC)c1C. The van der Waals surface area contributed by atoms with Gasteiger partial charge in [0.15, 0.2) is 5.69 Å². The van der Waals surface area contributed by atoms with E-state index in [0.717, 1.165) is 16.2 Å². The van der Waals surface area contributed by atoms with Gasteiger partial charge in [0.25, 0.3) is 0 Å². The zero-order valence-corrected chi connectivity index (χ0v) is 21.8. The van der Waals surface area contributed by atoms with Gasteiger partial charge in [-0.2, -0.15) is 0 Å². The van der Waals surface area contributed by atoms with E-state index >= 15 is 0 Å². The van der Waals surface area contributed by atoms with E-state index in [1.165, 1.54) is 11.8 Å². The second kappa shape index (κ2) is 11.2. The van der Waals surface area contributed by atoms with Crippen LogP contribution in [0.3, 0.4) is 0 Å². The van der Waals surface area contributed by atoms with E-state index in [0.29, 0.717) is 37.9 Å². The van der Waals surface area contributed by atoms with Crippen LogP contribution in [0.1, 0.15) is 64.6 Å². The van der Waals surface area contributed by atoms with Gasteiger partial charge in [0.05, 0.1) is 13.2 Å². The normalized spacial score (nSPS) is 12.0. The molecule has 0 radical (unpaired) electrons. The Labute approximate surface area is 201 Å². The van der Waals surface area contributed by atoms with Gasteiger partial charge in [0.1, 0.15) is 16.2 Å². The highest BCUT2D eigenvalue weighted by Crippen LogP contribution is 2.35. The third-order valence-electron chi connectivity index (χ3n) is 4.73. The van der Waals surface area contributed by atoms with Crippen molar-refractivity contribution in [2.45, 2.75) is 77.2 Å². The summed E-state index contributed by atoms with van der Waals surface area (Å²) in [4.78, 5) is 30.5. The van der Waals surface area contributed by atoms with Gasteiger partial charge < -0.3 is 18.8 Å². The third-order valence-corrected chi connectivity index (χ3v) is 5.91. The Balaban J connectivity index is 2.31. The summed E-state index contributed by atoms with van der Waals surface area (Å²) in [7, 11) is 0. The lowest BCUT2D eigenvalue weighted by Crippen LogP contribution is -2.36. The van der Waals surface area contributed by atoms with Crippen LogP contribution in [0.2, 0.25) is 0 Å². The van der Waals surface area contributed by atoms with Crippen LogP contribution >= 0.6 is 11.8 Å². The summed E-state index contributed by atoms with van der Waals surface area (Å²) in [6.07, 6.45) is 0. The number of rotatable bonds is 10. The monoisotopic (exact) mass is 476 g/mol. The number of esters is 2. The minimum absolute atomic E-state index is 0.259. The molecule has 0 aliphatic rings. The van der Waals surface area contributed by atoms with Crippen LogP contribution in [0, 0.1) is 6.92 Å². The summed E-state index contributed by atoms with van der Waals surface area (Å²) in [5, 5.41) is 0. The topological polar surface area (TPSA) is 79.7 Å². The van der Waals surface area contributed by atoms with Gasteiger partial charge in [-0.1, -0.05) is 12.1 Å². The van der Waals surface area contributed by atoms with E-state index in [2.05, 4.69) is 4.98 Å². The van der Waals surface area contributed by atoms with Crippen molar-refractivity contribution >= 4 is 23.7 Å². The zero-order chi connectivity index (χ0) is 24.8. The number of nitrogens with zero attached hydrogens (tertiary/aromatic N) is 2. The second-order valence-electron chi connectivity index (χ2n) is 9.08. The maximum atomic E-state index is 12.6. The van der Waals surface area contributed by atoms with Crippen LogP contribution < -0.4 is 0 Å². The Morgan fingerprint density at radius 1 is 1.03 bits per heavy atom. The molecule has 1 heterocycles. The average Bonchev–Trinajstić information content (AvgIpc) is 3.04. The molecular weight excluding hydrogens is 440 g/mol. The molecule has 0 bridgehead atoms. The van der Waals surface area contributed by atoms with Crippen molar-refractivity contribution in [2.24, 2.45) is 0 Å². The zero-order valence-electron chi connectivity index (χ0n) is 21.0. The van der Waals surface area contributed by atoms with Crippen molar-refractivity contribution in [1.29, 1.82) is 0 Å². The Morgan fingerprint density at radius 2 is 1.67 bits per heavy atom. The highest BCUT2D eigenvalue weighted by molar-refractivity contribution is 8.01. The number of hydrogen-bond donors (Lipinski definition) is 0. The fourth-order valence-corrected chi connectivity index (χ4v) is 4.12. The van der Waals surface area contributed by atoms with Crippen molar-refractivity contribution < 1.29 is 23.8 Å². The van der Waals surface area contributed by atoms with Gasteiger partial charge in [-0.15, -0.1) is 11.8 Å². The molecule has 8 heteroatoms. The summed E-state index contributed by atoms with van der Waals surface area (Å²) >= 11 is 1.44. The maximum absolute atomic E-state index is 12.6. The van der Waals surface area contributed by atoms with Crippen LogP contribution in [0.15, 0.2) is 29.2 Å². The first-order chi connectivity index (χ1) is 15.4. The van der Waals surface area contributed by atoms with Crippen LogP contribution in [-0.2, 0) is 25.5 Å². The first-order valence-electron chi connectivity index (χ1n) is 11.2. The van der Waals surface area contributed by atoms with Crippen LogP contribution in [0.4, 0.5) is 0 Å². The largest absolute Gasteiger partial charge is 0.461 e. The molecule has 0 amide bonds. The molecule has 0 saturated carbocycles. The highest BCUT2D eigenvalue weighted by Gasteiger charge is 2.33. The van der Waals surface area contributed by atoms with E-state index in [1.807, 2.05) is 77.3 Å². The molecule has 2 rings (SSSR count). The molecular formula is C25H36N2O5S. The van der Waals surface area contributed by atoms with Crippen molar-refractivity contribution in [1.82, 2.24) is 9.55 Å². The summed E-state index contributed by atoms with van der Waals surface area (Å²) < 4.78 is 17.5. The van der Waals surface area contributed by atoms with Gasteiger partial charge in [-0.25, -0.2) is 9.78 Å². The van der Waals surface area contributed by atoms with E-state index in [4.69, 9.17) is 14.2 Å². The van der Waals surface area contributed by atoms with Crippen molar-refractivity contribution in [2.75, 3.05) is 19.8 Å². The lowest BCUT2D eigenvalue weighted by Gasteiger charge is -2.28. The fraction of sp³-hybridized carbons (Fsp3) is 0.560. The van der Waals surface area contributed by atoms with Gasteiger partial charge in [0, 0.05) is 29.3 Å². The molecule has 1 aromatic heterocycles. The van der Waals surface area contributed by atoms with Crippen molar-refractivity contribution in [3.63, 3.8) is 0 Å². The molecule has 182 valence electrons. The summed E-state index contributed by atoms with van der Waals surface area (Å²) in [5.74, 6) is -0.0128. The molecule has 0 aliphatic heterocycles. The molecule has 0 unspecified atom stereocenters. The molecule has 7 nitrogen and oxygen atoms in total. The van der Waals surface area contributed by atoms with Gasteiger partial charge >= 0.3 is 11.9 Å².